The smallest absolute Gasteiger partial charge is 0.355 e. The van der Waals surface area contributed by atoms with E-state index in [0.29, 0.717) is 16.4 Å². The van der Waals surface area contributed by atoms with Crippen molar-refractivity contribution in [1.82, 2.24) is 4.98 Å². The van der Waals surface area contributed by atoms with Gasteiger partial charge in [-0.05, 0) is 18.2 Å². The van der Waals surface area contributed by atoms with E-state index < -0.39 is 5.97 Å². The summed E-state index contributed by atoms with van der Waals surface area (Å²) in [4.78, 5) is 14.5. The molecule has 0 aliphatic carbocycles. The summed E-state index contributed by atoms with van der Waals surface area (Å²) in [5.41, 5.74) is 1.24. The summed E-state index contributed by atoms with van der Waals surface area (Å²) < 4.78 is 0. The van der Waals surface area contributed by atoms with Crippen molar-refractivity contribution in [1.29, 1.82) is 5.26 Å². The molecule has 6 heteroatoms. The molecule has 0 aliphatic rings. The van der Waals surface area contributed by atoms with Crippen molar-refractivity contribution in [3.05, 3.63) is 40.9 Å². The van der Waals surface area contributed by atoms with Gasteiger partial charge in [0.05, 0.1) is 11.6 Å². The van der Waals surface area contributed by atoms with E-state index in [-0.39, 0.29) is 5.69 Å². The van der Waals surface area contributed by atoms with Crippen molar-refractivity contribution in [2.45, 2.75) is 0 Å². The highest BCUT2D eigenvalue weighted by Gasteiger charge is 2.08. The summed E-state index contributed by atoms with van der Waals surface area (Å²) in [7, 11) is 0. The van der Waals surface area contributed by atoms with Gasteiger partial charge in [-0.3, -0.25) is 0 Å². The Hall–Kier alpha value is -2.39. The lowest BCUT2D eigenvalue weighted by Gasteiger charge is -2.01. The van der Waals surface area contributed by atoms with Crippen molar-refractivity contribution >= 4 is 28.1 Å². The first-order valence-electron chi connectivity index (χ1n) is 4.65. The number of aromatic nitrogens is 1. The number of hydrogen-bond donors (Lipinski definition) is 2. The second kappa shape index (κ2) is 4.63. The van der Waals surface area contributed by atoms with Crippen LogP contribution in [0.2, 0.25) is 0 Å². The number of benzene rings is 1. The minimum absolute atomic E-state index is 0.00828. The molecule has 0 unspecified atom stereocenters. The molecule has 0 atom stereocenters. The van der Waals surface area contributed by atoms with Crippen molar-refractivity contribution in [2.24, 2.45) is 0 Å². The number of nitrogens with one attached hydrogen (secondary N) is 1. The largest absolute Gasteiger partial charge is 0.476 e. The van der Waals surface area contributed by atoms with Crippen molar-refractivity contribution in [2.75, 3.05) is 5.32 Å². The third-order valence-corrected chi connectivity index (χ3v) is 2.72. The SMILES string of the molecule is N#Cc1cccc(Nc2nc(C(=O)O)cs2)c1. The van der Waals surface area contributed by atoms with Gasteiger partial charge in [0, 0.05) is 11.1 Å². The maximum absolute atomic E-state index is 10.6. The summed E-state index contributed by atoms with van der Waals surface area (Å²) in [6.45, 7) is 0. The average molecular weight is 245 g/mol. The molecule has 0 saturated carbocycles. The molecule has 0 aliphatic heterocycles. The van der Waals surface area contributed by atoms with Gasteiger partial charge in [0.15, 0.2) is 10.8 Å². The van der Waals surface area contributed by atoms with Crippen LogP contribution in [0, 0.1) is 11.3 Å². The molecule has 17 heavy (non-hydrogen) atoms. The van der Waals surface area contributed by atoms with Gasteiger partial charge < -0.3 is 10.4 Å². The summed E-state index contributed by atoms with van der Waals surface area (Å²) in [6, 6.07) is 8.91. The first-order valence-corrected chi connectivity index (χ1v) is 5.53. The van der Waals surface area contributed by atoms with Crippen LogP contribution in [0.4, 0.5) is 10.8 Å². The molecule has 2 aromatic rings. The van der Waals surface area contributed by atoms with Gasteiger partial charge >= 0.3 is 5.97 Å². The Morgan fingerprint density at radius 3 is 3.00 bits per heavy atom. The molecule has 0 fully saturated rings. The number of nitrogens with zero attached hydrogens (tertiary/aromatic N) is 2. The van der Waals surface area contributed by atoms with Gasteiger partial charge in [0.2, 0.25) is 0 Å². The Bertz CT molecular complexity index is 601. The fourth-order valence-corrected chi connectivity index (χ4v) is 1.92. The molecule has 5 nitrogen and oxygen atoms in total. The first kappa shape index (κ1) is 11.1. The van der Waals surface area contributed by atoms with E-state index in [9.17, 15) is 4.79 Å². The minimum atomic E-state index is -1.06. The molecule has 0 radical (unpaired) electrons. The Balaban J connectivity index is 2.19. The van der Waals surface area contributed by atoms with Gasteiger partial charge in [-0.25, -0.2) is 9.78 Å². The van der Waals surface area contributed by atoms with E-state index in [4.69, 9.17) is 10.4 Å². The maximum Gasteiger partial charge on any atom is 0.355 e. The molecule has 1 aromatic heterocycles. The van der Waals surface area contributed by atoms with Gasteiger partial charge in [-0.15, -0.1) is 11.3 Å². The molecule has 2 rings (SSSR count). The van der Waals surface area contributed by atoms with Crippen LogP contribution in [-0.4, -0.2) is 16.1 Å². The van der Waals surface area contributed by atoms with Gasteiger partial charge in [0.25, 0.3) is 0 Å². The fourth-order valence-electron chi connectivity index (χ4n) is 1.22. The van der Waals surface area contributed by atoms with Crippen LogP contribution in [0.3, 0.4) is 0 Å². The Labute approximate surface area is 101 Å². The van der Waals surface area contributed by atoms with Crippen molar-refractivity contribution in [3.63, 3.8) is 0 Å². The van der Waals surface area contributed by atoms with Crippen LogP contribution in [0.25, 0.3) is 0 Å². The number of aromatic carboxylic acids is 1. The second-order valence-electron chi connectivity index (χ2n) is 3.16. The highest BCUT2D eigenvalue weighted by molar-refractivity contribution is 7.14. The molecule has 0 bridgehead atoms. The number of rotatable bonds is 3. The normalized spacial score (nSPS) is 9.59. The number of carboxylic acids is 1. The molecule has 84 valence electrons. The van der Waals surface area contributed by atoms with Crippen LogP contribution >= 0.6 is 11.3 Å². The quantitative estimate of drug-likeness (QED) is 0.867. The summed E-state index contributed by atoms with van der Waals surface area (Å²) in [6.07, 6.45) is 0. The predicted octanol–water partition coefficient (Wildman–Crippen LogP) is 2.46. The molecule has 0 saturated heterocycles. The number of thiazole rings is 1. The first-order chi connectivity index (χ1) is 8.19. The third-order valence-electron chi connectivity index (χ3n) is 1.97. The topological polar surface area (TPSA) is 86.0 Å². The lowest BCUT2D eigenvalue weighted by molar-refractivity contribution is 0.0691. The van der Waals surface area contributed by atoms with Gasteiger partial charge in [-0.1, -0.05) is 6.07 Å². The highest BCUT2D eigenvalue weighted by Crippen LogP contribution is 2.21. The summed E-state index contributed by atoms with van der Waals surface area (Å²) in [5, 5.41) is 22.3. The number of carbonyl (C=O) groups is 1. The molecular formula is C11H7N3O2S. The molecule has 1 heterocycles. The standard InChI is InChI=1S/C11H7N3O2S/c12-5-7-2-1-3-8(4-7)13-11-14-9(6-17-11)10(15)16/h1-4,6H,(H,13,14)(H,15,16). The fraction of sp³-hybridized carbons (Fsp3) is 0. The number of nitriles is 1. The van der Waals surface area contributed by atoms with Crippen molar-refractivity contribution < 1.29 is 9.90 Å². The summed E-state index contributed by atoms with van der Waals surface area (Å²) in [5.74, 6) is -1.06. The zero-order chi connectivity index (χ0) is 12.3. The number of carboxylic acid groups (broad SMARTS) is 1. The predicted molar refractivity (Wildman–Crippen MR) is 63.5 cm³/mol. The Morgan fingerprint density at radius 2 is 2.35 bits per heavy atom. The monoisotopic (exact) mass is 245 g/mol. The molecule has 2 N–H and O–H groups in total. The van der Waals surface area contributed by atoms with Crippen LogP contribution in [0.1, 0.15) is 16.1 Å². The van der Waals surface area contributed by atoms with Crippen molar-refractivity contribution in [3.8, 4) is 6.07 Å². The van der Waals surface area contributed by atoms with E-state index in [1.807, 2.05) is 6.07 Å². The molecule has 1 aromatic carbocycles. The third kappa shape index (κ3) is 2.59. The van der Waals surface area contributed by atoms with E-state index in [2.05, 4.69) is 10.3 Å². The zero-order valence-corrected chi connectivity index (χ0v) is 9.36. The lowest BCUT2D eigenvalue weighted by Crippen LogP contribution is -1.97. The molecule has 0 spiro atoms. The zero-order valence-electron chi connectivity index (χ0n) is 8.54. The van der Waals surface area contributed by atoms with Crippen LogP contribution in [0.5, 0.6) is 0 Å². The van der Waals surface area contributed by atoms with Crippen LogP contribution < -0.4 is 5.32 Å². The maximum atomic E-state index is 10.6. The lowest BCUT2D eigenvalue weighted by atomic mass is 10.2. The van der Waals surface area contributed by atoms with E-state index in [0.717, 1.165) is 0 Å². The Morgan fingerprint density at radius 1 is 1.53 bits per heavy atom. The molecular weight excluding hydrogens is 238 g/mol. The second-order valence-corrected chi connectivity index (χ2v) is 4.02. The number of hydrogen-bond acceptors (Lipinski definition) is 5. The minimum Gasteiger partial charge on any atom is -0.476 e. The Kier molecular flexibility index (Phi) is 3.03. The number of anilines is 2. The van der Waals surface area contributed by atoms with Gasteiger partial charge in [0.1, 0.15) is 0 Å². The van der Waals surface area contributed by atoms with E-state index in [1.165, 1.54) is 16.7 Å². The molecule has 0 amide bonds. The summed E-state index contributed by atoms with van der Waals surface area (Å²) >= 11 is 1.20. The van der Waals surface area contributed by atoms with Crippen LogP contribution in [0.15, 0.2) is 29.6 Å². The highest BCUT2D eigenvalue weighted by atomic mass is 32.1. The van der Waals surface area contributed by atoms with Crippen LogP contribution in [-0.2, 0) is 0 Å². The van der Waals surface area contributed by atoms with E-state index >= 15 is 0 Å². The van der Waals surface area contributed by atoms with E-state index in [1.54, 1.807) is 24.3 Å². The average Bonchev–Trinajstić information content (AvgIpc) is 2.78. The van der Waals surface area contributed by atoms with Gasteiger partial charge in [-0.2, -0.15) is 5.26 Å².